The van der Waals surface area contributed by atoms with E-state index >= 15 is 0 Å². The molecule has 0 unspecified atom stereocenters. The fourth-order valence-electron chi connectivity index (χ4n) is 4.04. The van der Waals surface area contributed by atoms with Gasteiger partial charge in [0.2, 0.25) is 0 Å². The number of rotatable bonds is 9. The summed E-state index contributed by atoms with van der Waals surface area (Å²) >= 11 is 0. The van der Waals surface area contributed by atoms with E-state index in [0.29, 0.717) is 22.6 Å². The van der Waals surface area contributed by atoms with Gasteiger partial charge in [-0.2, -0.15) is 0 Å². The Hall–Kier alpha value is -4.61. The Labute approximate surface area is 231 Å². The highest BCUT2D eigenvalue weighted by molar-refractivity contribution is 7.97. The SMILES string of the molecule is CC(=O)c1ccc(Oc2ccc([S+](c3ccccc3)c3ccc(Oc4ccc(C(C)=O)cc4)cc3)cc2)cc1. The molecule has 0 bridgehead atoms. The molecule has 5 aromatic carbocycles. The van der Waals surface area contributed by atoms with Gasteiger partial charge in [-0.15, -0.1) is 0 Å². The average molecular weight is 532 g/mol. The molecule has 0 aliphatic carbocycles. The van der Waals surface area contributed by atoms with Crippen LogP contribution >= 0.6 is 0 Å². The Balaban J connectivity index is 1.36. The van der Waals surface area contributed by atoms with E-state index in [-0.39, 0.29) is 22.5 Å². The van der Waals surface area contributed by atoms with E-state index in [9.17, 15) is 9.59 Å². The monoisotopic (exact) mass is 531 g/mol. The Morgan fingerprint density at radius 1 is 0.436 bits per heavy atom. The van der Waals surface area contributed by atoms with Gasteiger partial charge >= 0.3 is 0 Å². The van der Waals surface area contributed by atoms with Crippen molar-refractivity contribution in [1.82, 2.24) is 0 Å². The lowest BCUT2D eigenvalue weighted by atomic mass is 10.1. The van der Waals surface area contributed by atoms with Crippen LogP contribution < -0.4 is 9.47 Å². The van der Waals surface area contributed by atoms with Crippen LogP contribution in [-0.4, -0.2) is 11.6 Å². The molecule has 192 valence electrons. The van der Waals surface area contributed by atoms with Crippen LogP contribution in [0.1, 0.15) is 34.6 Å². The predicted octanol–water partition coefficient (Wildman–Crippen LogP) is 8.77. The van der Waals surface area contributed by atoms with Crippen molar-refractivity contribution in [2.24, 2.45) is 0 Å². The minimum Gasteiger partial charge on any atom is -0.457 e. The van der Waals surface area contributed by atoms with E-state index in [1.54, 1.807) is 62.4 Å². The van der Waals surface area contributed by atoms with Crippen LogP contribution in [0, 0.1) is 0 Å². The lowest BCUT2D eigenvalue weighted by molar-refractivity contribution is 0.100. The van der Waals surface area contributed by atoms with E-state index in [2.05, 4.69) is 48.5 Å². The summed E-state index contributed by atoms with van der Waals surface area (Å²) in [5, 5.41) is 0. The molecule has 0 fully saturated rings. The first kappa shape index (κ1) is 26.0. The number of Topliss-reactive ketones (excluding diaryl/α,β-unsaturated/α-hetero) is 2. The molecule has 5 heteroatoms. The van der Waals surface area contributed by atoms with Crippen LogP contribution in [-0.2, 0) is 10.9 Å². The standard InChI is InChI=1S/C34H27O4S/c1-24(35)26-8-12-28(13-9-26)37-30-16-20-33(21-17-30)39(32-6-4-3-5-7-32)34-22-18-31(19-23-34)38-29-14-10-27(11-15-29)25(2)36/h3-23H,1-2H3/q+1. The number of ether oxygens (including phenoxy) is 2. The highest BCUT2D eigenvalue weighted by Crippen LogP contribution is 2.34. The molecule has 0 N–H and O–H groups in total. The molecule has 0 amide bonds. The smallest absolute Gasteiger partial charge is 0.166 e. The topological polar surface area (TPSA) is 52.6 Å². The molecule has 0 saturated heterocycles. The quantitative estimate of drug-likeness (QED) is 0.141. The van der Waals surface area contributed by atoms with Crippen molar-refractivity contribution in [1.29, 1.82) is 0 Å². The van der Waals surface area contributed by atoms with Crippen molar-refractivity contribution in [2.75, 3.05) is 0 Å². The second-order valence-electron chi connectivity index (χ2n) is 8.93. The number of hydrogen-bond donors (Lipinski definition) is 0. The summed E-state index contributed by atoms with van der Waals surface area (Å²) in [7, 11) is -0.327. The maximum atomic E-state index is 11.5. The van der Waals surface area contributed by atoms with Crippen LogP contribution in [0.4, 0.5) is 0 Å². The maximum Gasteiger partial charge on any atom is 0.166 e. The molecule has 0 saturated carbocycles. The van der Waals surface area contributed by atoms with Gasteiger partial charge in [0.15, 0.2) is 26.3 Å². The zero-order valence-electron chi connectivity index (χ0n) is 21.7. The maximum absolute atomic E-state index is 11.5. The third kappa shape index (κ3) is 6.46. The van der Waals surface area contributed by atoms with Gasteiger partial charge in [0.1, 0.15) is 23.0 Å². The van der Waals surface area contributed by atoms with E-state index in [1.165, 1.54) is 4.90 Å². The van der Waals surface area contributed by atoms with Gasteiger partial charge in [0.25, 0.3) is 0 Å². The Bertz CT molecular complexity index is 1460. The first-order chi connectivity index (χ1) is 19.0. The van der Waals surface area contributed by atoms with Crippen LogP contribution in [0.15, 0.2) is 142 Å². The molecule has 0 heterocycles. The normalized spacial score (nSPS) is 10.7. The van der Waals surface area contributed by atoms with Gasteiger partial charge in [0.05, 0.1) is 10.9 Å². The molecular weight excluding hydrogens is 504 g/mol. The van der Waals surface area contributed by atoms with Crippen LogP contribution in [0.5, 0.6) is 23.0 Å². The fraction of sp³-hybridized carbons (Fsp3) is 0.0588. The summed E-state index contributed by atoms with van der Waals surface area (Å²) in [6.07, 6.45) is 0. The molecule has 0 spiro atoms. The highest BCUT2D eigenvalue weighted by atomic mass is 32.2. The van der Waals surface area contributed by atoms with E-state index in [1.807, 2.05) is 30.3 Å². The Kier molecular flexibility index (Phi) is 7.90. The summed E-state index contributed by atoms with van der Waals surface area (Å²) in [5.74, 6) is 2.88. The highest BCUT2D eigenvalue weighted by Gasteiger charge is 2.28. The number of hydrogen-bond acceptors (Lipinski definition) is 4. The van der Waals surface area contributed by atoms with E-state index in [4.69, 9.17) is 9.47 Å². The van der Waals surface area contributed by atoms with Gasteiger partial charge in [-0.25, -0.2) is 0 Å². The molecule has 4 nitrogen and oxygen atoms in total. The number of carbonyl (C=O) groups is 2. The zero-order chi connectivity index (χ0) is 27.2. The molecule has 0 aromatic heterocycles. The lowest BCUT2D eigenvalue weighted by Gasteiger charge is -2.11. The van der Waals surface area contributed by atoms with Crippen molar-refractivity contribution in [3.05, 3.63) is 139 Å². The molecular formula is C34H27O4S+. The third-order valence-corrected chi connectivity index (χ3v) is 8.32. The van der Waals surface area contributed by atoms with Crippen molar-refractivity contribution in [3.63, 3.8) is 0 Å². The summed E-state index contributed by atoms with van der Waals surface area (Å²) in [4.78, 5) is 26.6. The van der Waals surface area contributed by atoms with Gasteiger partial charge < -0.3 is 9.47 Å². The minimum absolute atomic E-state index is 0.0294. The number of benzene rings is 5. The van der Waals surface area contributed by atoms with Crippen molar-refractivity contribution >= 4 is 22.5 Å². The molecule has 5 rings (SSSR count). The third-order valence-electron chi connectivity index (χ3n) is 6.09. The van der Waals surface area contributed by atoms with Gasteiger partial charge in [0, 0.05) is 11.1 Å². The summed E-state index contributed by atoms with van der Waals surface area (Å²) in [6, 6.07) is 41.0. The first-order valence-corrected chi connectivity index (χ1v) is 13.8. The molecule has 0 atom stereocenters. The molecule has 0 aliphatic heterocycles. The van der Waals surface area contributed by atoms with Crippen LogP contribution in [0.25, 0.3) is 0 Å². The van der Waals surface area contributed by atoms with Crippen molar-refractivity contribution in [3.8, 4) is 23.0 Å². The second kappa shape index (κ2) is 11.8. The molecule has 0 aliphatic rings. The molecule has 39 heavy (non-hydrogen) atoms. The van der Waals surface area contributed by atoms with Gasteiger partial charge in [-0.3, -0.25) is 9.59 Å². The lowest BCUT2D eigenvalue weighted by Crippen LogP contribution is -2.04. The van der Waals surface area contributed by atoms with Crippen molar-refractivity contribution < 1.29 is 19.1 Å². The average Bonchev–Trinajstić information content (AvgIpc) is 2.96. The molecule has 5 aromatic rings. The van der Waals surface area contributed by atoms with Crippen molar-refractivity contribution in [2.45, 2.75) is 28.5 Å². The fourth-order valence-corrected chi connectivity index (χ4v) is 6.10. The summed E-state index contributed by atoms with van der Waals surface area (Å²) < 4.78 is 12.0. The van der Waals surface area contributed by atoms with Crippen LogP contribution in [0.2, 0.25) is 0 Å². The predicted molar refractivity (Wildman–Crippen MR) is 155 cm³/mol. The van der Waals surface area contributed by atoms with Gasteiger partial charge in [-0.05, 0) is 123 Å². The first-order valence-electron chi connectivity index (χ1n) is 12.5. The van der Waals surface area contributed by atoms with Crippen LogP contribution in [0.3, 0.4) is 0 Å². The Morgan fingerprint density at radius 3 is 1.08 bits per heavy atom. The Morgan fingerprint density at radius 2 is 0.744 bits per heavy atom. The van der Waals surface area contributed by atoms with E-state index in [0.717, 1.165) is 21.3 Å². The largest absolute Gasteiger partial charge is 0.457 e. The minimum atomic E-state index is -0.327. The van der Waals surface area contributed by atoms with Gasteiger partial charge in [-0.1, -0.05) is 18.2 Å². The number of carbonyl (C=O) groups excluding carboxylic acids is 2. The second-order valence-corrected chi connectivity index (χ2v) is 11.0. The zero-order valence-corrected chi connectivity index (χ0v) is 22.5. The summed E-state index contributed by atoms with van der Waals surface area (Å²) in [6.45, 7) is 3.10. The number of ketones is 2. The van der Waals surface area contributed by atoms with E-state index < -0.39 is 0 Å². The molecule has 0 radical (unpaired) electrons. The summed E-state index contributed by atoms with van der Waals surface area (Å²) in [5.41, 5.74) is 1.32.